The molecule has 0 unspecified atom stereocenters. The third-order valence-corrected chi connectivity index (χ3v) is 6.84. The van der Waals surface area contributed by atoms with E-state index in [1.54, 1.807) is 31.3 Å². The van der Waals surface area contributed by atoms with Gasteiger partial charge in [0, 0.05) is 18.0 Å². The Bertz CT molecular complexity index is 982. The zero-order valence-corrected chi connectivity index (χ0v) is 16.2. The number of aromatic nitrogens is 1. The molecule has 3 rings (SSSR count). The molecule has 0 atom stereocenters. The quantitative estimate of drug-likeness (QED) is 0.637. The van der Waals surface area contributed by atoms with Gasteiger partial charge in [0.25, 0.3) is 0 Å². The molecule has 0 aliphatic rings. The predicted octanol–water partition coefficient (Wildman–Crippen LogP) is 4.59. The van der Waals surface area contributed by atoms with Crippen LogP contribution in [0, 0.1) is 6.92 Å². The summed E-state index contributed by atoms with van der Waals surface area (Å²) in [6.45, 7) is 2.13. The molecule has 1 heterocycles. The Labute approximate surface area is 156 Å². The summed E-state index contributed by atoms with van der Waals surface area (Å²) in [5.41, 5.74) is 2.56. The average molecular weight is 393 g/mol. The van der Waals surface area contributed by atoms with Crippen molar-refractivity contribution in [2.75, 3.05) is 7.05 Å². The van der Waals surface area contributed by atoms with Gasteiger partial charge in [0.2, 0.25) is 10.0 Å². The number of benzene rings is 2. The van der Waals surface area contributed by atoms with Crippen LogP contribution in [0.1, 0.15) is 11.3 Å². The second-order valence-electron chi connectivity index (χ2n) is 5.70. The molecule has 4 nitrogen and oxygen atoms in total. The van der Waals surface area contributed by atoms with E-state index in [4.69, 9.17) is 11.6 Å². The van der Waals surface area contributed by atoms with Crippen LogP contribution in [0.4, 0.5) is 0 Å². The van der Waals surface area contributed by atoms with E-state index in [1.165, 1.54) is 15.6 Å². The van der Waals surface area contributed by atoms with Gasteiger partial charge in [-0.2, -0.15) is 4.31 Å². The highest BCUT2D eigenvalue weighted by atomic mass is 35.5. The first-order valence-corrected chi connectivity index (χ1v) is 10.3. The van der Waals surface area contributed by atoms with Crippen LogP contribution >= 0.6 is 22.9 Å². The molecule has 0 N–H and O–H groups in total. The van der Waals surface area contributed by atoms with Gasteiger partial charge in [0.05, 0.1) is 22.2 Å². The van der Waals surface area contributed by atoms with Crippen molar-refractivity contribution in [3.63, 3.8) is 0 Å². The Morgan fingerprint density at radius 2 is 1.80 bits per heavy atom. The number of thiazole rings is 1. The summed E-state index contributed by atoms with van der Waals surface area (Å²) >= 11 is 7.65. The van der Waals surface area contributed by atoms with Crippen LogP contribution in [0.2, 0.25) is 5.02 Å². The van der Waals surface area contributed by atoms with Crippen molar-refractivity contribution in [3.05, 3.63) is 70.2 Å². The fourth-order valence-corrected chi connectivity index (χ4v) is 4.61. The number of nitrogens with zero attached hydrogens (tertiary/aromatic N) is 2. The first kappa shape index (κ1) is 18.1. The molecule has 0 saturated carbocycles. The number of aryl methyl sites for hydroxylation is 1. The van der Waals surface area contributed by atoms with Crippen molar-refractivity contribution in [3.8, 4) is 10.6 Å². The first-order chi connectivity index (χ1) is 11.9. The largest absolute Gasteiger partial charge is 0.243 e. The lowest BCUT2D eigenvalue weighted by Crippen LogP contribution is -2.26. The molecule has 1 aromatic heterocycles. The number of hydrogen-bond donors (Lipinski definition) is 0. The molecule has 0 fully saturated rings. The lowest BCUT2D eigenvalue weighted by molar-refractivity contribution is 0.463. The van der Waals surface area contributed by atoms with E-state index in [1.807, 2.05) is 36.6 Å². The highest BCUT2D eigenvalue weighted by Crippen LogP contribution is 2.30. The van der Waals surface area contributed by atoms with Gasteiger partial charge >= 0.3 is 0 Å². The van der Waals surface area contributed by atoms with Gasteiger partial charge in [0.1, 0.15) is 5.01 Å². The van der Waals surface area contributed by atoms with Crippen molar-refractivity contribution in [1.82, 2.24) is 9.29 Å². The summed E-state index contributed by atoms with van der Waals surface area (Å²) < 4.78 is 26.6. The van der Waals surface area contributed by atoms with Crippen LogP contribution in [-0.2, 0) is 16.6 Å². The van der Waals surface area contributed by atoms with Crippen LogP contribution in [0.25, 0.3) is 10.6 Å². The lowest BCUT2D eigenvalue weighted by Gasteiger charge is -2.16. The number of hydrogen-bond acceptors (Lipinski definition) is 4. The van der Waals surface area contributed by atoms with E-state index < -0.39 is 10.0 Å². The maximum absolute atomic E-state index is 12.7. The molecule has 7 heteroatoms. The third-order valence-electron chi connectivity index (χ3n) is 3.77. The molecule has 0 amide bonds. The van der Waals surface area contributed by atoms with Gasteiger partial charge in [-0.1, -0.05) is 47.5 Å². The molecule has 130 valence electrons. The second kappa shape index (κ2) is 7.25. The molecule has 2 aromatic carbocycles. The van der Waals surface area contributed by atoms with Gasteiger partial charge in [-0.3, -0.25) is 0 Å². The standard InChI is InChI=1S/C18H17ClN2O2S2/c1-13-7-9-15(10-8-13)25(22,23)21(2)11-14-12-24-18(20-14)16-5-3-4-6-17(16)19/h3-10,12H,11H2,1-2H3. The fourth-order valence-electron chi connectivity index (χ4n) is 2.34. The molecule has 0 radical (unpaired) electrons. The van der Waals surface area contributed by atoms with Gasteiger partial charge in [-0.05, 0) is 25.1 Å². The van der Waals surface area contributed by atoms with E-state index in [2.05, 4.69) is 4.98 Å². The van der Waals surface area contributed by atoms with Crippen LogP contribution in [0.3, 0.4) is 0 Å². The highest BCUT2D eigenvalue weighted by Gasteiger charge is 2.21. The minimum Gasteiger partial charge on any atom is -0.240 e. The molecule has 0 aliphatic carbocycles. The van der Waals surface area contributed by atoms with E-state index in [-0.39, 0.29) is 11.4 Å². The van der Waals surface area contributed by atoms with Crippen molar-refractivity contribution >= 4 is 33.0 Å². The highest BCUT2D eigenvalue weighted by molar-refractivity contribution is 7.89. The van der Waals surface area contributed by atoms with Crippen molar-refractivity contribution < 1.29 is 8.42 Å². The summed E-state index contributed by atoms with van der Waals surface area (Å²) in [4.78, 5) is 4.81. The normalized spacial score (nSPS) is 11.8. The Kier molecular flexibility index (Phi) is 5.24. The zero-order chi connectivity index (χ0) is 18.0. The zero-order valence-electron chi connectivity index (χ0n) is 13.8. The molecule has 0 spiro atoms. The van der Waals surface area contributed by atoms with Crippen LogP contribution in [-0.4, -0.2) is 24.8 Å². The van der Waals surface area contributed by atoms with E-state index in [0.29, 0.717) is 10.7 Å². The molecular weight excluding hydrogens is 376 g/mol. The topological polar surface area (TPSA) is 50.3 Å². The molecule has 0 saturated heterocycles. The Balaban J connectivity index is 1.81. The van der Waals surface area contributed by atoms with Gasteiger partial charge < -0.3 is 0 Å². The van der Waals surface area contributed by atoms with Crippen molar-refractivity contribution in [2.45, 2.75) is 18.4 Å². The van der Waals surface area contributed by atoms with E-state index >= 15 is 0 Å². The second-order valence-corrected chi connectivity index (χ2v) is 9.01. The van der Waals surface area contributed by atoms with Crippen LogP contribution < -0.4 is 0 Å². The molecule has 3 aromatic rings. The summed E-state index contributed by atoms with van der Waals surface area (Å²) in [5.74, 6) is 0. The maximum Gasteiger partial charge on any atom is 0.243 e. The molecular formula is C18H17ClN2O2S2. The summed E-state index contributed by atoms with van der Waals surface area (Å²) in [6, 6.07) is 14.3. The van der Waals surface area contributed by atoms with E-state index in [0.717, 1.165) is 16.1 Å². The molecule has 25 heavy (non-hydrogen) atoms. The Hall–Kier alpha value is -1.73. The Morgan fingerprint density at radius 1 is 1.12 bits per heavy atom. The number of rotatable bonds is 5. The minimum atomic E-state index is -3.55. The summed E-state index contributed by atoms with van der Waals surface area (Å²) in [5, 5.41) is 3.27. The lowest BCUT2D eigenvalue weighted by atomic mass is 10.2. The van der Waals surface area contributed by atoms with E-state index in [9.17, 15) is 8.42 Å². The average Bonchev–Trinajstić information content (AvgIpc) is 3.04. The Morgan fingerprint density at radius 3 is 2.48 bits per heavy atom. The summed E-state index contributed by atoms with van der Waals surface area (Å²) in [6.07, 6.45) is 0. The van der Waals surface area contributed by atoms with Crippen LogP contribution in [0.15, 0.2) is 58.8 Å². The number of sulfonamides is 1. The van der Waals surface area contributed by atoms with Gasteiger partial charge in [0.15, 0.2) is 0 Å². The minimum absolute atomic E-state index is 0.206. The SMILES string of the molecule is Cc1ccc(S(=O)(=O)N(C)Cc2csc(-c3ccccc3Cl)n2)cc1. The maximum atomic E-state index is 12.7. The number of halogens is 1. The van der Waals surface area contributed by atoms with Gasteiger partial charge in [-0.25, -0.2) is 13.4 Å². The first-order valence-electron chi connectivity index (χ1n) is 7.60. The molecule has 0 aliphatic heterocycles. The van der Waals surface area contributed by atoms with Gasteiger partial charge in [-0.15, -0.1) is 11.3 Å². The summed E-state index contributed by atoms with van der Waals surface area (Å²) in [7, 11) is -1.99. The smallest absolute Gasteiger partial charge is 0.240 e. The van der Waals surface area contributed by atoms with Crippen molar-refractivity contribution in [1.29, 1.82) is 0 Å². The monoisotopic (exact) mass is 392 g/mol. The fraction of sp³-hybridized carbons (Fsp3) is 0.167. The third kappa shape index (κ3) is 3.93. The predicted molar refractivity (Wildman–Crippen MR) is 102 cm³/mol. The van der Waals surface area contributed by atoms with Crippen LogP contribution in [0.5, 0.6) is 0 Å². The van der Waals surface area contributed by atoms with Crippen molar-refractivity contribution in [2.24, 2.45) is 0 Å². The molecule has 0 bridgehead atoms.